The van der Waals surface area contributed by atoms with Gasteiger partial charge in [-0.15, -0.1) is 0 Å². The number of carbonyl (C=O) groups is 1. The largest absolute Gasteiger partial charge is 0.433 e. The molecular weight excluding hydrogens is 364 g/mol. The highest BCUT2D eigenvalue weighted by atomic mass is 19.4. The molecule has 0 aromatic carbocycles. The average Bonchev–Trinajstić information content (AvgIpc) is 2.99. The number of Topliss-reactive ketones (excluding diaryl/α,β-unsaturated/α-hetero) is 1. The number of carbonyl (C=O) groups excluding carboxylic acids is 1. The maximum atomic E-state index is 13.8. The highest BCUT2D eigenvalue weighted by molar-refractivity contribution is 5.84. The molecule has 3 rings (SSSR count). The first-order valence-electron chi connectivity index (χ1n) is 8.44. The summed E-state index contributed by atoms with van der Waals surface area (Å²) in [6, 6.07) is 3.29. The molecule has 5 nitrogen and oxygen atoms in total. The van der Waals surface area contributed by atoms with Crippen molar-refractivity contribution in [1.29, 1.82) is 0 Å². The van der Waals surface area contributed by atoms with Crippen molar-refractivity contribution in [2.45, 2.75) is 44.1 Å². The number of aryl methyl sites for hydroxylation is 1. The third-order valence-corrected chi connectivity index (χ3v) is 4.44. The highest BCUT2D eigenvalue weighted by Crippen LogP contribution is 2.28. The summed E-state index contributed by atoms with van der Waals surface area (Å²) in [5.41, 5.74) is -0.935. The topological polar surface area (TPSA) is 67.8 Å². The fourth-order valence-electron chi connectivity index (χ4n) is 2.96. The molecule has 1 aliphatic rings. The Bertz CT molecular complexity index is 821. The summed E-state index contributed by atoms with van der Waals surface area (Å²) < 4.78 is 51.6. The zero-order chi connectivity index (χ0) is 19.7. The first-order valence-corrected chi connectivity index (χ1v) is 8.44. The lowest BCUT2D eigenvalue weighted by Crippen LogP contribution is -2.30. The minimum absolute atomic E-state index is 0.0901. The number of nitrogens with one attached hydrogen (secondary N) is 1. The summed E-state index contributed by atoms with van der Waals surface area (Å²) in [7, 11) is 0. The van der Waals surface area contributed by atoms with Gasteiger partial charge in [-0.25, -0.2) is 14.4 Å². The average molecular weight is 382 g/mol. The van der Waals surface area contributed by atoms with Crippen LogP contribution in [0.15, 0.2) is 30.7 Å². The molecule has 2 atom stereocenters. The van der Waals surface area contributed by atoms with Crippen molar-refractivity contribution in [3.05, 3.63) is 42.1 Å². The zero-order valence-corrected chi connectivity index (χ0v) is 14.6. The molecule has 0 aliphatic carbocycles. The fraction of sp³-hybridized carbons (Fsp3) is 0.444. The third kappa shape index (κ3) is 4.85. The summed E-state index contributed by atoms with van der Waals surface area (Å²) >= 11 is 0. The van der Waals surface area contributed by atoms with Crippen LogP contribution in [0.25, 0.3) is 11.3 Å². The molecule has 2 aromatic heterocycles. The lowest BCUT2D eigenvalue weighted by molar-refractivity contribution is -0.141. The van der Waals surface area contributed by atoms with Crippen LogP contribution < -0.4 is 5.32 Å². The van der Waals surface area contributed by atoms with Gasteiger partial charge in [-0.3, -0.25) is 9.78 Å². The van der Waals surface area contributed by atoms with Gasteiger partial charge in [0.1, 0.15) is 23.5 Å². The molecule has 1 fully saturated rings. The van der Waals surface area contributed by atoms with Crippen LogP contribution in [0.2, 0.25) is 0 Å². The second-order valence-corrected chi connectivity index (χ2v) is 6.84. The van der Waals surface area contributed by atoms with Gasteiger partial charge in [0.15, 0.2) is 0 Å². The number of aromatic nitrogens is 3. The Kier molecular flexibility index (Phi) is 5.23. The van der Waals surface area contributed by atoms with E-state index in [-0.39, 0.29) is 25.2 Å². The molecule has 2 aromatic rings. The van der Waals surface area contributed by atoms with Crippen LogP contribution in [0.1, 0.15) is 31.2 Å². The Morgan fingerprint density at radius 2 is 2.07 bits per heavy atom. The molecule has 1 saturated heterocycles. The Balaban J connectivity index is 1.65. The molecule has 27 heavy (non-hydrogen) atoms. The maximum absolute atomic E-state index is 13.8. The number of rotatable bonds is 5. The van der Waals surface area contributed by atoms with Crippen LogP contribution in [0.5, 0.6) is 0 Å². The van der Waals surface area contributed by atoms with Gasteiger partial charge in [0.05, 0.1) is 11.7 Å². The van der Waals surface area contributed by atoms with Crippen molar-refractivity contribution in [3.63, 3.8) is 0 Å². The van der Waals surface area contributed by atoms with E-state index in [4.69, 9.17) is 0 Å². The van der Waals surface area contributed by atoms with Crippen molar-refractivity contribution in [1.82, 2.24) is 20.3 Å². The van der Waals surface area contributed by atoms with Crippen molar-refractivity contribution < 1.29 is 22.4 Å². The van der Waals surface area contributed by atoms with E-state index < -0.39 is 23.6 Å². The normalized spacial score (nSPS) is 22.8. The molecule has 0 amide bonds. The number of ketones is 1. The molecule has 3 heterocycles. The zero-order valence-electron chi connectivity index (χ0n) is 14.6. The Labute approximate surface area is 153 Å². The van der Waals surface area contributed by atoms with E-state index in [1.807, 2.05) is 0 Å². The first-order chi connectivity index (χ1) is 12.6. The van der Waals surface area contributed by atoms with E-state index in [0.717, 1.165) is 12.3 Å². The second kappa shape index (κ2) is 7.30. The predicted molar refractivity (Wildman–Crippen MR) is 89.5 cm³/mol. The second-order valence-electron chi connectivity index (χ2n) is 6.84. The van der Waals surface area contributed by atoms with E-state index in [1.54, 1.807) is 6.07 Å². The van der Waals surface area contributed by atoms with Crippen LogP contribution in [0.4, 0.5) is 17.6 Å². The van der Waals surface area contributed by atoms with Gasteiger partial charge in [0.2, 0.25) is 0 Å². The monoisotopic (exact) mass is 382 g/mol. The smallest absolute Gasteiger partial charge is 0.304 e. The standard InChI is InChI=1S/C18H18F4N4O/c1-17(19)7-14(24-9-17)15(27)4-3-12-6-13(26-10-25-12)11-2-5-16(23-8-11)18(20,21)22/h2,5-6,8,10,14,24H,3-4,7,9H2,1H3/t14-,17?/m0/s1. The quantitative estimate of drug-likeness (QED) is 0.805. The van der Waals surface area contributed by atoms with Crippen LogP contribution >= 0.6 is 0 Å². The van der Waals surface area contributed by atoms with Crippen LogP contribution in [0.3, 0.4) is 0 Å². The van der Waals surface area contributed by atoms with E-state index >= 15 is 0 Å². The molecule has 1 N–H and O–H groups in total. The lowest BCUT2D eigenvalue weighted by atomic mass is 9.99. The number of pyridine rings is 1. The van der Waals surface area contributed by atoms with Crippen molar-refractivity contribution in [3.8, 4) is 11.3 Å². The Hall–Kier alpha value is -2.42. The summed E-state index contributed by atoms with van der Waals surface area (Å²) in [6.07, 6.45) is -1.43. The molecule has 1 unspecified atom stereocenters. The summed E-state index contributed by atoms with van der Waals surface area (Å²) in [6.45, 7) is 1.62. The van der Waals surface area contributed by atoms with Crippen molar-refractivity contribution in [2.24, 2.45) is 0 Å². The summed E-state index contributed by atoms with van der Waals surface area (Å²) in [4.78, 5) is 23.8. The lowest BCUT2D eigenvalue weighted by Gasteiger charge is -2.11. The van der Waals surface area contributed by atoms with Gasteiger partial charge < -0.3 is 5.32 Å². The summed E-state index contributed by atoms with van der Waals surface area (Å²) in [5, 5.41) is 2.88. The number of nitrogens with zero attached hydrogens (tertiary/aromatic N) is 3. The van der Waals surface area contributed by atoms with E-state index in [2.05, 4.69) is 20.3 Å². The van der Waals surface area contributed by atoms with Crippen LogP contribution in [-0.4, -0.2) is 39.0 Å². The van der Waals surface area contributed by atoms with Gasteiger partial charge >= 0.3 is 6.18 Å². The van der Waals surface area contributed by atoms with E-state index in [1.165, 1.54) is 19.3 Å². The molecular formula is C18H18F4N4O. The molecule has 0 spiro atoms. The fourth-order valence-corrected chi connectivity index (χ4v) is 2.96. The first kappa shape index (κ1) is 19.3. The third-order valence-electron chi connectivity index (χ3n) is 4.44. The molecule has 0 radical (unpaired) electrons. The molecule has 0 saturated carbocycles. The van der Waals surface area contributed by atoms with E-state index in [0.29, 0.717) is 23.4 Å². The van der Waals surface area contributed by atoms with Crippen molar-refractivity contribution >= 4 is 5.78 Å². The number of hydrogen-bond donors (Lipinski definition) is 1. The molecule has 9 heteroatoms. The number of hydrogen-bond acceptors (Lipinski definition) is 5. The van der Waals surface area contributed by atoms with E-state index in [9.17, 15) is 22.4 Å². The number of alkyl halides is 4. The molecule has 144 valence electrons. The Morgan fingerprint density at radius 3 is 2.67 bits per heavy atom. The SMILES string of the molecule is CC1(F)CN[C@H](C(=O)CCc2cc(-c3ccc(C(F)(F)F)nc3)ncn2)C1. The molecule has 0 bridgehead atoms. The van der Waals surface area contributed by atoms with Gasteiger partial charge in [-0.1, -0.05) is 0 Å². The highest BCUT2D eigenvalue weighted by Gasteiger charge is 2.37. The maximum Gasteiger partial charge on any atom is 0.433 e. The van der Waals surface area contributed by atoms with Gasteiger partial charge in [0.25, 0.3) is 0 Å². The van der Waals surface area contributed by atoms with Crippen LogP contribution in [0, 0.1) is 0 Å². The van der Waals surface area contributed by atoms with Gasteiger partial charge in [-0.05, 0) is 31.5 Å². The number of halogens is 4. The Morgan fingerprint density at radius 1 is 1.30 bits per heavy atom. The van der Waals surface area contributed by atoms with Crippen LogP contribution in [-0.2, 0) is 17.4 Å². The van der Waals surface area contributed by atoms with Crippen molar-refractivity contribution in [2.75, 3.05) is 6.54 Å². The minimum Gasteiger partial charge on any atom is -0.304 e. The predicted octanol–water partition coefficient (Wildman–Crippen LogP) is 3.15. The molecule has 1 aliphatic heterocycles. The minimum atomic E-state index is -4.50. The van der Waals surface area contributed by atoms with Gasteiger partial charge in [0, 0.05) is 36.8 Å². The van der Waals surface area contributed by atoms with Gasteiger partial charge in [-0.2, -0.15) is 13.2 Å². The summed E-state index contributed by atoms with van der Waals surface area (Å²) in [5.74, 6) is -0.0901.